The van der Waals surface area contributed by atoms with Crippen LogP contribution in [0, 0.1) is 5.41 Å². The number of carbonyl (C=O) groups is 2. The van der Waals surface area contributed by atoms with Crippen molar-refractivity contribution >= 4 is 35.8 Å². The number of nitrogens with two attached hydrogens (primary N) is 1. The van der Waals surface area contributed by atoms with Crippen LogP contribution in [-0.4, -0.2) is 79.9 Å². The zero-order valence-electron chi connectivity index (χ0n) is 16.1. The molecule has 0 radical (unpaired) electrons. The number of nitrogens with zero attached hydrogens (tertiary/aromatic N) is 3. The van der Waals surface area contributed by atoms with Crippen molar-refractivity contribution in [3.8, 4) is 0 Å². The lowest BCUT2D eigenvalue weighted by atomic mass is 10.0. The molecule has 1 amide bonds. The summed E-state index contributed by atoms with van der Waals surface area (Å²) < 4.78 is 4.72. The third kappa shape index (κ3) is 5.21. The molecule has 2 fully saturated rings. The quantitative estimate of drug-likeness (QED) is 0.421. The van der Waals surface area contributed by atoms with Gasteiger partial charge in [0.2, 0.25) is 5.91 Å². The number of methoxy groups -OCH3 is 1. The Balaban J connectivity index is 0.00000280. The number of nitrogen functional groups attached to an aromatic ring is 1. The van der Waals surface area contributed by atoms with Crippen molar-refractivity contribution in [3.63, 3.8) is 0 Å². The van der Waals surface area contributed by atoms with Crippen LogP contribution in [0.5, 0.6) is 0 Å². The Morgan fingerprint density at radius 1 is 1.18 bits per heavy atom. The van der Waals surface area contributed by atoms with Crippen LogP contribution in [0.15, 0.2) is 24.3 Å². The molecular weight excluding hydrogens is 382 g/mol. The SMILES string of the molecule is COC(=O)CN1CCC(N2CCN(c3ccc(C(=N)N)cc3)C(=O)C2)CC1.Cl. The molecule has 1 aromatic rings. The molecular formula is C19H28ClN5O3. The minimum atomic E-state index is -0.201. The Labute approximate surface area is 171 Å². The fourth-order valence-electron chi connectivity index (χ4n) is 3.79. The summed E-state index contributed by atoms with van der Waals surface area (Å²) in [4.78, 5) is 30.2. The van der Waals surface area contributed by atoms with Crippen molar-refractivity contribution in [2.45, 2.75) is 18.9 Å². The number of benzene rings is 1. The predicted molar refractivity (Wildman–Crippen MR) is 110 cm³/mol. The summed E-state index contributed by atoms with van der Waals surface area (Å²) in [7, 11) is 1.41. The molecule has 0 aliphatic carbocycles. The summed E-state index contributed by atoms with van der Waals surface area (Å²) in [5, 5.41) is 7.45. The van der Waals surface area contributed by atoms with Gasteiger partial charge >= 0.3 is 5.97 Å². The summed E-state index contributed by atoms with van der Waals surface area (Å²) in [6.45, 7) is 3.94. The van der Waals surface area contributed by atoms with Gasteiger partial charge in [-0.25, -0.2) is 0 Å². The molecule has 0 atom stereocenters. The lowest BCUT2D eigenvalue weighted by molar-refractivity contribution is -0.142. The Bertz CT molecular complexity index is 704. The molecule has 0 saturated carbocycles. The van der Waals surface area contributed by atoms with Gasteiger partial charge in [-0.05, 0) is 37.1 Å². The predicted octanol–water partition coefficient (Wildman–Crippen LogP) is 0.678. The number of halogens is 1. The number of likely N-dealkylation sites (tertiary alicyclic amines) is 1. The van der Waals surface area contributed by atoms with Crippen molar-refractivity contribution in [2.75, 3.05) is 51.3 Å². The van der Waals surface area contributed by atoms with Gasteiger partial charge in [0.25, 0.3) is 0 Å². The van der Waals surface area contributed by atoms with Crippen molar-refractivity contribution in [2.24, 2.45) is 5.73 Å². The molecule has 0 aromatic heterocycles. The molecule has 2 aliphatic heterocycles. The van der Waals surface area contributed by atoms with Gasteiger partial charge < -0.3 is 15.4 Å². The molecule has 1 aromatic carbocycles. The van der Waals surface area contributed by atoms with Crippen LogP contribution >= 0.6 is 12.4 Å². The maximum absolute atomic E-state index is 12.7. The number of anilines is 1. The van der Waals surface area contributed by atoms with Gasteiger partial charge in [-0.2, -0.15) is 0 Å². The zero-order chi connectivity index (χ0) is 19.4. The monoisotopic (exact) mass is 409 g/mol. The fraction of sp³-hybridized carbons (Fsp3) is 0.526. The fourth-order valence-corrected chi connectivity index (χ4v) is 3.79. The van der Waals surface area contributed by atoms with Crippen LogP contribution in [0.1, 0.15) is 18.4 Å². The van der Waals surface area contributed by atoms with E-state index in [0.29, 0.717) is 31.2 Å². The Hall–Kier alpha value is -2.16. The number of hydrogen-bond donors (Lipinski definition) is 2. The van der Waals surface area contributed by atoms with Gasteiger partial charge in [0.15, 0.2) is 0 Å². The molecule has 0 bridgehead atoms. The van der Waals surface area contributed by atoms with Crippen LogP contribution in [-0.2, 0) is 14.3 Å². The molecule has 2 heterocycles. The van der Waals surface area contributed by atoms with E-state index in [-0.39, 0.29) is 30.1 Å². The first-order valence-electron chi connectivity index (χ1n) is 9.26. The summed E-state index contributed by atoms with van der Waals surface area (Å²) in [5.41, 5.74) is 6.98. The summed E-state index contributed by atoms with van der Waals surface area (Å²) in [6, 6.07) is 7.61. The number of nitrogens with one attached hydrogen (secondary N) is 1. The second-order valence-electron chi connectivity index (χ2n) is 7.06. The molecule has 2 aliphatic rings. The van der Waals surface area contributed by atoms with Gasteiger partial charge in [0.05, 0.1) is 20.2 Å². The lowest BCUT2D eigenvalue weighted by Gasteiger charge is -2.42. The van der Waals surface area contributed by atoms with Crippen LogP contribution in [0.25, 0.3) is 0 Å². The van der Waals surface area contributed by atoms with Gasteiger partial charge in [0.1, 0.15) is 5.84 Å². The molecule has 2 saturated heterocycles. The molecule has 0 spiro atoms. The molecule has 154 valence electrons. The number of piperazine rings is 1. The summed E-state index contributed by atoms with van der Waals surface area (Å²) in [5.74, 6) is -0.0851. The van der Waals surface area contributed by atoms with Gasteiger partial charge in [-0.1, -0.05) is 0 Å². The average molecular weight is 410 g/mol. The maximum atomic E-state index is 12.7. The van der Waals surface area contributed by atoms with Crippen molar-refractivity contribution in [1.82, 2.24) is 9.80 Å². The standard InChI is InChI=1S/C19H27N5O3.ClH/c1-27-18(26)13-22-8-6-15(7-9-22)23-10-11-24(17(25)12-23)16-4-2-14(3-5-16)19(20)21;/h2-5,15H,6-13H2,1H3,(H3,20,21);1H. The van der Waals surface area contributed by atoms with Crippen molar-refractivity contribution in [1.29, 1.82) is 5.41 Å². The highest BCUT2D eigenvalue weighted by molar-refractivity contribution is 5.98. The zero-order valence-corrected chi connectivity index (χ0v) is 16.9. The highest BCUT2D eigenvalue weighted by Gasteiger charge is 2.32. The van der Waals surface area contributed by atoms with E-state index in [9.17, 15) is 9.59 Å². The molecule has 28 heavy (non-hydrogen) atoms. The van der Waals surface area contributed by atoms with E-state index < -0.39 is 0 Å². The van der Waals surface area contributed by atoms with Crippen molar-refractivity contribution in [3.05, 3.63) is 29.8 Å². The Morgan fingerprint density at radius 3 is 2.36 bits per heavy atom. The van der Waals surface area contributed by atoms with Gasteiger partial charge in [-0.3, -0.25) is 24.8 Å². The number of esters is 1. The maximum Gasteiger partial charge on any atom is 0.319 e. The third-order valence-electron chi connectivity index (χ3n) is 5.39. The molecule has 3 rings (SSSR count). The topological polar surface area (TPSA) is 103 Å². The number of carbonyl (C=O) groups excluding carboxylic acids is 2. The largest absolute Gasteiger partial charge is 0.468 e. The second-order valence-corrected chi connectivity index (χ2v) is 7.06. The first-order valence-corrected chi connectivity index (χ1v) is 9.26. The summed E-state index contributed by atoms with van der Waals surface area (Å²) >= 11 is 0. The van der Waals surface area contributed by atoms with Crippen LogP contribution in [0.2, 0.25) is 0 Å². The van der Waals surface area contributed by atoms with Crippen molar-refractivity contribution < 1.29 is 14.3 Å². The normalized spacial score (nSPS) is 19.2. The van der Waals surface area contributed by atoms with E-state index in [0.717, 1.165) is 38.2 Å². The smallest absolute Gasteiger partial charge is 0.319 e. The number of hydrogen-bond acceptors (Lipinski definition) is 6. The lowest BCUT2D eigenvalue weighted by Crippen LogP contribution is -2.56. The minimum absolute atomic E-state index is 0. The molecule has 8 nitrogen and oxygen atoms in total. The average Bonchev–Trinajstić information content (AvgIpc) is 2.68. The Morgan fingerprint density at radius 2 is 1.82 bits per heavy atom. The van der Waals surface area contributed by atoms with E-state index in [1.807, 2.05) is 12.1 Å². The molecule has 0 unspecified atom stereocenters. The number of amides is 1. The van der Waals surface area contributed by atoms with Crippen LogP contribution < -0.4 is 10.6 Å². The third-order valence-corrected chi connectivity index (χ3v) is 5.39. The van der Waals surface area contributed by atoms with E-state index >= 15 is 0 Å². The second kappa shape index (κ2) is 9.86. The summed E-state index contributed by atoms with van der Waals surface area (Å²) in [6.07, 6.45) is 1.91. The minimum Gasteiger partial charge on any atom is -0.468 e. The highest BCUT2D eigenvalue weighted by Crippen LogP contribution is 2.22. The van der Waals surface area contributed by atoms with E-state index in [1.54, 1.807) is 17.0 Å². The molecule has 3 N–H and O–H groups in total. The first-order chi connectivity index (χ1) is 13.0. The Kier molecular flexibility index (Phi) is 7.79. The van der Waals surface area contributed by atoms with Gasteiger partial charge in [-0.15, -0.1) is 12.4 Å². The first kappa shape index (κ1) is 22.1. The van der Waals surface area contributed by atoms with E-state index in [2.05, 4.69) is 9.80 Å². The number of rotatable bonds is 5. The van der Waals surface area contributed by atoms with Gasteiger partial charge in [0, 0.05) is 43.5 Å². The molecule has 9 heteroatoms. The highest BCUT2D eigenvalue weighted by atomic mass is 35.5. The van der Waals surface area contributed by atoms with E-state index in [4.69, 9.17) is 15.9 Å². The van der Waals surface area contributed by atoms with Crippen LogP contribution in [0.4, 0.5) is 5.69 Å². The number of ether oxygens (including phenoxy) is 1. The van der Waals surface area contributed by atoms with Crippen LogP contribution in [0.3, 0.4) is 0 Å². The van der Waals surface area contributed by atoms with E-state index in [1.165, 1.54) is 7.11 Å². The number of piperidine rings is 1. The number of amidine groups is 1.